The van der Waals surface area contributed by atoms with Gasteiger partial charge in [0.2, 0.25) is 0 Å². The Hall–Kier alpha value is -1.33. The van der Waals surface area contributed by atoms with Crippen LogP contribution >= 0.6 is 0 Å². The fraction of sp³-hybridized carbons (Fsp3) is 0.800. The summed E-state index contributed by atoms with van der Waals surface area (Å²) in [6.07, 6.45) is -2.19. The lowest BCUT2D eigenvalue weighted by Crippen LogP contribution is -2.36. The Bertz CT molecular complexity index is 300. The van der Waals surface area contributed by atoms with Crippen molar-refractivity contribution in [1.29, 1.82) is 0 Å². The van der Waals surface area contributed by atoms with Crippen LogP contribution in [0, 0.1) is 5.92 Å². The molecule has 6 heteroatoms. The van der Waals surface area contributed by atoms with E-state index in [2.05, 4.69) is 0 Å². The minimum absolute atomic E-state index is 0.134. The molecule has 0 radical (unpaired) electrons. The predicted octanol–water partition coefficient (Wildman–Crippen LogP) is 1.28. The molecule has 1 heterocycles. The third-order valence-electron chi connectivity index (χ3n) is 2.22. The number of carbonyl (C=O) groups is 2. The summed E-state index contributed by atoms with van der Waals surface area (Å²) in [5, 5.41) is 8.70. The van der Waals surface area contributed by atoms with Crippen LogP contribution in [0.3, 0.4) is 0 Å². The molecule has 1 fully saturated rings. The number of nitrogens with zero attached hydrogens (tertiary/aromatic N) is 1. The van der Waals surface area contributed by atoms with Gasteiger partial charge in [0.05, 0.1) is 6.54 Å². The second-order valence-electron chi connectivity index (χ2n) is 4.85. The van der Waals surface area contributed by atoms with E-state index in [0.717, 1.165) is 4.90 Å². The molecule has 0 aromatic heterocycles. The maximum absolute atomic E-state index is 13.3. The van der Waals surface area contributed by atoms with E-state index in [4.69, 9.17) is 9.84 Å². The second kappa shape index (κ2) is 4.27. The Morgan fingerprint density at radius 3 is 2.31 bits per heavy atom. The first-order valence-corrected chi connectivity index (χ1v) is 5.05. The molecule has 1 rings (SSSR count). The molecule has 92 valence electrons. The number of carbonyl (C=O) groups excluding carboxylic acids is 1. The normalized spacial score (nSPS) is 25.6. The Balaban J connectivity index is 2.58. The first kappa shape index (κ1) is 12.7. The Morgan fingerprint density at radius 2 is 1.94 bits per heavy atom. The SMILES string of the molecule is CC(C)(C)OC(=O)N1C[C@H](F)[C@H](C(=O)O)C1. The number of hydrogen-bond acceptors (Lipinski definition) is 3. The van der Waals surface area contributed by atoms with Crippen molar-refractivity contribution in [2.75, 3.05) is 13.1 Å². The van der Waals surface area contributed by atoms with Gasteiger partial charge in [-0.3, -0.25) is 4.79 Å². The molecule has 0 saturated carbocycles. The lowest BCUT2D eigenvalue weighted by Gasteiger charge is -2.24. The quantitative estimate of drug-likeness (QED) is 0.740. The summed E-state index contributed by atoms with van der Waals surface area (Å²) < 4.78 is 18.3. The van der Waals surface area contributed by atoms with Crippen LogP contribution in [0.4, 0.5) is 9.18 Å². The third-order valence-corrected chi connectivity index (χ3v) is 2.22. The van der Waals surface area contributed by atoms with Crippen LogP contribution in [0.5, 0.6) is 0 Å². The Morgan fingerprint density at radius 1 is 1.38 bits per heavy atom. The molecule has 1 N–H and O–H groups in total. The van der Waals surface area contributed by atoms with Crippen LogP contribution < -0.4 is 0 Å². The van der Waals surface area contributed by atoms with Crippen LogP contribution in [0.2, 0.25) is 0 Å². The van der Waals surface area contributed by atoms with Gasteiger partial charge in [-0.2, -0.15) is 0 Å². The molecule has 2 atom stereocenters. The highest BCUT2D eigenvalue weighted by Crippen LogP contribution is 2.22. The van der Waals surface area contributed by atoms with Gasteiger partial charge in [-0.15, -0.1) is 0 Å². The van der Waals surface area contributed by atoms with Gasteiger partial charge in [0.15, 0.2) is 0 Å². The van der Waals surface area contributed by atoms with E-state index >= 15 is 0 Å². The molecule has 0 unspecified atom stereocenters. The van der Waals surface area contributed by atoms with Gasteiger partial charge >= 0.3 is 12.1 Å². The molecule has 0 bridgehead atoms. The van der Waals surface area contributed by atoms with Gasteiger partial charge in [0.25, 0.3) is 0 Å². The summed E-state index contributed by atoms with van der Waals surface area (Å²) in [6, 6.07) is 0. The number of ether oxygens (including phenoxy) is 1. The van der Waals surface area contributed by atoms with E-state index in [0.29, 0.717) is 0 Å². The molecule has 16 heavy (non-hydrogen) atoms. The first-order valence-electron chi connectivity index (χ1n) is 5.05. The fourth-order valence-corrected chi connectivity index (χ4v) is 1.47. The lowest BCUT2D eigenvalue weighted by molar-refractivity contribution is -0.142. The zero-order valence-electron chi connectivity index (χ0n) is 9.57. The number of carboxylic acid groups (broad SMARTS) is 1. The van der Waals surface area contributed by atoms with Crippen molar-refractivity contribution in [3.05, 3.63) is 0 Å². The Labute approximate surface area is 93.2 Å². The number of halogens is 1. The number of aliphatic carboxylic acids is 1. The smallest absolute Gasteiger partial charge is 0.410 e. The average molecular weight is 233 g/mol. The molecule has 0 aromatic carbocycles. The summed E-state index contributed by atoms with van der Waals surface area (Å²) in [6.45, 7) is 4.74. The van der Waals surface area contributed by atoms with Crippen molar-refractivity contribution in [2.45, 2.75) is 32.5 Å². The zero-order chi connectivity index (χ0) is 12.5. The number of likely N-dealkylation sites (tertiary alicyclic amines) is 1. The summed E-state index contributed by atoms with van der Waals surface area (Å²) in [7, 11) is 0. The van der Waals surface area contributed by atoms with E-state index in [1.165, 1.54) is 0 Å². The number of hydrogen-bond donors (Lipinski definition) is 1. The predicted molar refractivity (Wildman–Crippen MR) is 53.8 cm³/mol. The van der Waals surface area contributed by atoms with Gasteiger partial charge in [-0.1, -0.05) is 0 Å². The highest BCUT2D eigenvalue weighted by Gasteiger charge is 2.41. The topological polar surface area (TPSA) is 66.8 Å². The summed E-state index contributed by atoms with van der Waals surface area (Å²) >= 11 is 0. The Kier molecular flexibility index (Phi) is 3.40. The highest BCUT2D eigenvalue weighted by molar-refractivity contribution is 5.75. The van der Waals surface area contributed by atoms with Crippen molar-refractivity contribution in [3.8, 4) is 0 Å². The number of alkyl halides is 1. The summed E-state index contributed by atoms with van der Waals surface area (Å²) in [4.78, 5) is 23.3. The molecule has 1 saturated heterocycles. The minimum atomic E-state index is -1.52. The minimum Gasteiger partial charge on any atom is -0.481 e. The van der Waals surface area contributed by atoms with Crippen LogP contribution in [0.15, 0.2) is 0 Å². The van der Waals surface area contributed by atoms with Crippen LogP contribution in [0.25, 0.3) is 0 Å². The van der Waals surface area contributed by atoms with Crippen molar-refractivity contribution in [3.63, 3.8) is 0 Å². The number of rotatable bonds is 1. The van der Waals surface area contributed by atoms with Gasteiger partial charge in [0.1, 0.15) is 17.7 Å². The number of amides is 1. The monoisotopic (exact) mass is 233 g/mol. The number of carboxylic acids is 1. The van der Waals surface area contributed by atoms with Crippen molar-refractivity contribution in [1.82, 2.24) is 4.90 Å². The highest BCUT2D eigenvalue weighted by atomic mass is 19.1. The molecular weight excluding hydrogens is 217 g/mol. The average Bonchev–Trinajstić information content (AvgIpc) is 2.44. The van der Waals surface area contributed by atoms with Gasteiger partial charge in [0, 0.05) is 6.54 Å². The van der Waals surface area contributed by atoms with Crippen LogP contribution in [-0.2, 0) is 9.53 Å². The van der Waals surface area contributed by atoms with E-state index in [1.54, 1.807) is 20.8 Å². The van der Waals surface area contributed by atoms with Crippen molar-refractivity contribution < 1.29 is 23.8 Å². The first-order chi connectivity index (χ1) is 7.20. The van der Waals surface area contributed by atoms with Crippen LogP contribution in [-0.4, -0.2) is 46.9 Å². The fourth-order valence-electron chi connectivity index (χ4n) is 1.47. The van der Waals surface area contributed by atoms with Gasteiger partial charge in [-0.05, 0) is 20.8 Å². The van der Waals surface area contributed by atoms with Crippen molar-refractivity contribution >= 4 is 12.1 Å². The lowest BCUT2D eigenvalue weighted by atomic mass is 10.1. The molecule has 5 nitrogen and oxygen atoms in total. The summed E-state index contributed by atoms with van der Waals surface area (Å²) in [5.74, 6) is -2.37. The molecule has 0 aromatic rings. The van der Waals surface area contributed by atoms with Crippen LogP contribution in [0.1, 0.15) is 20.8 Å². The second-order valence-corrected chi connectivity index (χ2v) is 4.85. The van der Waals surface area contributed by atoms with E-state index in [-0.39, 0.29) is 13.1 Å². The van der Waals surface area contributed by atoms with Crippen molar-refractivity contribution in [2.24, 2.45) is 5.92 Å². The molecule has 0 aliphatic carbocycles. The largest absolute Gasteiger partial charge is 0.481 e. The maximum Gasteiger partial charge on any atom is 0.410 e. The van der Waals surface area contributed by atoms with E-state index in [9.17, 15) is 14.0 Å². The molecule has 1 amide bonds. The van der Waals surface area contributed by atoms with Gasteiger partial charge < -0.3 is 14.7 Å². The molecular formula is C10H16FNO4. The van der Waals surface area contributed by atoms with E-state index < -0.39 is 29.8 Å². The third kappa shape index (κ3) is 3.08. The molecule has 1 aliphatic heterocycles. The molecule has 1 aliphatic rings. The zero-order valence-corrected chi connectivity index (χ0v) is 9.57. The summed E-state index contributed by atoms with van der Waals surface area (Å²) in [5.41, 5.74) is -0.662. The standard InChI is InChI=1S/C10H16FNO4/c1-10(2,3)16-9(15)12-4-6(8(13)14)7(11)5-12/h6-7H,4-5H2,1-3H3,(H,13,14)/t6-,7+/m1/s1. The maximum atomic E-state index is 13.3. The van der Waals surface area contributed by atoms with Gasteiger partial charge in [-0.25, -0.2) is 9.18 Å². The molecule has 0 spiro atoms. The van der Waals surface area contributed by atoms with E-state index in [1.807, 2.05) is 0 Å².